The molecule has 166 valence electrons. The number of amides is 2. The molecule has 1 N–H and O–H groups in total. The van der Waals surface area contributed by atoms with Crippen molar-refractivity contribution in [3.8, 4) is 5.75 Å². The number of aromatic amines is 1. The van der Waals surface area contributed by atoms with Gasteiger partial charge in [0, 0.05) is 47.4 Å². The van der Waals surface area contributed by atoms with E-state index in [-0.39, 0.29) is 11.8 Å². The predicted molar refractivity (Wildman–Crippen MR) is 125 cm³/mol. The van der Waals surface area contributed by atoms with Crippen molar-refractivity contribution in [3.05, 3.63) is 59.2 Å². The second kappa shape index (κ2) is 8.51. The van der Waals surface area contributed by atoms with E-state index in [4.69, 9.17) is 16.3 Å². The summed E-state index contributed by atoms with van der Waals surface area (Å²) in [6.07, 6.45) is 4.41. The Morgan fingerprint density at radius 1 is 1.06 bits per heavy atom. The molecule has 0 radical (unpaired) electrons. The number of rotatable bonds is 4. The maximum atomic E-state index is 13.2. The fraction of sp³-hybridized carbons (Fsp3) is 0.360. The minimum absolute atomic E-state index is 0.0366. The number of nitrogens with zero attached hydrogens (tertiary/aromatic N) is 2. The van der Waals surface area contributed by atoms with Crippen molar-refractivity contribution in [2.75, 3.05) is 31.6 Å². The Morgan fingerprint density at radius 3 is 2.53 bits per heavy atom. The molecular weight excluding hydrogens is 426 g/mol. The number of benzene rings is 2. The zero-order valence-electron chi connectivity index (χ0n) is 18.0. The van der Waals surface area contributed by atoms with Crippen molar-refractivity contribution in [2.24, 2.45) is 5.92 Å². The van der Waals surface area contributed by atoms with Crippen LogP contribution in [0, 0.1) is 5.92 Å². The van der Waals surface area contributed by atoms with E-state index in [1.807, 2.05) is 29.2 Å². The molecule has 7 heteroatoms. The number of piperidine rings is 1. The number of fused-ring (bicyclic) bond motifs is 1. The molecule has 32 heavy (non-hydrogen) atoms. The number of aromatic nitrogens is 1. The molecule has 1 aromatic heterocycles. The van der Waals surface area contributed by atoms with Crippen molar-refractivity contribution in [1.29, 1.82) is 0 Å². The topological polar surface area (TPSA) is 65.6 Å². The van der Waals surface area contributed by atoms with Gasteiger partial charge in [0.05, 0.1) is 7.11 Å². The minimum atomic E-state index is -0.584. The van der Waals surface area contributed by atoms with E-state index >= 15 is 0 Å². The molecule has 1 atom stereocenters. The molecule has 1 unspecified atom stereocenters. The van der Waals surface area contributed by atoms with Crippen LogP contribution in [0.5, 0.6) is 5.75 Å². The van der Waals surface area contributed by atoms with Crippen LogP contribution in [0.15, 0.2) is 48.7 Å². The summed E-state index contributed by atoms with van der Waals surface area (Å²) in [6.45, 7) is 1.90. The fourth-order valence-corrected chi connectivity index (χ4v) is 5.13. The average molecular weight is 452 g/mol. The van der Waals surface area contributed by atoms with Crippen LogP contribution in [0.1, 0.15) is 30.7 Å². The summed E-state index contributed by atoms with van der Waals surface area (Å²) in [5.41, 5.74) is 3.16. The van der Waals surface area contributed by atoms with Gasteiger partial charge >= 0.3 is 0 Å². The second-order valence-corrected chi connectivity index (χ2v) is 9.00. The van der Waals surface area contributed by atoms with Crippen LogP contribution >= 0.6 is 11.6 Å². The molecule has 2 aromatic carbocycles. The van der Waals surface area contributed by atoms with Gasteiger partial charge in [-0.25, -0.2) is 0 Å². The van der Waals surface area contributed by atoms with E-state index in [1.165, 1.54) is 10.9 Å². The number of methoxy groups -OCH3 is 1. The highest BCUT2D eigenvalue weighted by Gasteiger charge is 2.40. The summed E-state index contributed by atoms with van der Waals surface area (Å²) in [5.74, 6) is 0.494. The Morgan fingerprint density at radius 2 is 1.81 bits per heavy atom. The van der Waals surface area contributed by atoms with Gasteiger partial charge < -0.3 is 19.5 Å². The first-order chi connectivity index (χ1) is 15.5. The smallest absolute Gasteiger partial charge is 0.239 e. The molecule has 2 saturated heterocycles. The zero-order valence-corrected chi connectivity index (χ0v) is 18.8. The van der Waals surface area contributed by atoms with E-state index < -0.39 is 5.92 Å². The Kier molecular flexibility index (Phi) is 5.55. The third-order valence-electron chi connectivity index (χ3n) is 6.81. The van der Waals surface area contributed by atoms with Crippen LogP contribution in [0.3, 0.4) is 0 Å². The number of hydrogen-bond acceptors (Lipinski definition) is 3. The molecule has 0 aliphatic carbocycles. The summed E-state index contributed by atoms with van der Waals surface area (Å²) in [6, 6.07) is 13.3. The number of carbonyl (C=O) groups excluding carboxylic acids is 2. The quantitative estimate of drug-likeness (QED) is 0.590. The lowest BCUT2D eigenvalue weighted by Gasteiger charge is -2.33. The van der Waals surface area contributed by atoms with Gasteiger partial charge in [-0.15, -0.1) is 0 Å². The van der Waals surface area contributed by atoms with Crippen LogP contribution < -0.4 is 9.64 Å². The summed E-state index contributed by atoms with van der Waals surface area (Å²) < 4.78 is 5.39. The number of hydrogen-bond donors (Lipinski definition) is 1. The van der Waals surface area contributed by atoms with E-state index in [9.17, 15) is 9.59 Å². The molecule has 6 nitrogen and oxygen atoms in total. The normalized spacial score (nSPS) is 19.7. The van der Waals surface area contributed by atoms with E-state index in [0.717, 1.165) is 29.8 Å². The van der Waals surface area contributed by atoms with Gasteiger partial charge in [-0.2, -0.15) is 0 Å². The third-order valence-corrected chi connectivity index (χ3v) is 7.06. The van der Waals surface area contributed by atoms with Gasteiger partial charge in [-0.3, -0.25) is 9.59 Å². The first kappa shape index (κ1) is 20.9. The minimum Gasteiger partial charge on any atom is -0.497 e. The standard InChI is InChI=1S/C25H26ClN3O3/c1-32-19-6-7-23-21(14-19)22(15-27-23)16-8-11-28(12-9-16)24(30)20-10-13-29(25(20)31)18-4-2-17(26)3-5-18/h2-7,14-16,20,27H,8-13H2,1H3. The predicted octanol–water partition coefficient (Wildman–Crippen LogP) is 4.59. The molecule has 0 saturated carbocycles. The number of likely N-dealkylation sites (tertiary alicyclic amines) is 1. The summed E-state index contributed by atoms with van der Waals surface area (Å²) in [5, 5.41) is 1.81. The molecule has 2 aliphatic rings. The molecular formula is C25H26ClN3O3. The molecule has 5 rings (SSSR count). The third kappa shape index (κ3) is 3.73. The van der Waals surface area contributed by atoms with Gasteiger partial charge in [0.2, 0.25) is 11.8 Å². The van der Waals surface area contributed by atoms with Crippen LogP contribution in [0.2, 0.25) is 5.02 Å². The number of ether oxygens (including phenoxy) is 1. The van der Waals surface area contributed by atoms with Crippen molar-refractivity contribution in [1.82, 2.24) is 9.88 Å². The SMILES string of the molecule is COc1ccc2[nH]cc(C3CCN(C(=O)C4CCN(c5ccc(Cl)cc5)C4=O)CC3)c2c1. The largest absolute Gasteiger partial charge is 0.497 e. The van der Waals surface area contributed by atoms with Gasteiger partial charge in [0.1, 0.15) is 11.7 Å². The molecule has 2 aliphatic heterocycles. The number of carbonyl (C=O) groups is 2. The lowest BCUT2D eigenvalue weighted by atomic mass is 9.88. The maximum Gasteiger partial charge on any atom is 0.239 e. The Hall–Kier alpha value is -2.99. The van der Waals surface area contributed by atoms with Crippen molar-refractivity contribution in [2.45, 2.75) is 25.2 Å². The maximum absolute atomic E-state index is 13.2. The Balaban J connectivity index is 1.24. The summed E-state index contributed by atoms with van der Waals surface area (Å²) in [7, 11) is 1.68. The number of H-pyrrole nitrogens is 1. The lowest BCUT2D eigenvalue weighted by Crippen LogP contribution is -2.43. The zero-order chi connectivity index (χ0) is 22.2. The Labute approximate surface area is 192 Å². The van der Waals surface area contributed by atoms with Gasteiger partial charge in [-0.05, 0) is 73.2 Å². The molecule has 2 fully saturated rings. The number of halogens is 1. The van der Waals surface area contributed by atoms with Gasteiger partial charge in [-0.1, -0.05) is 11.6 Å². The van der Waals surface area contributed by atoms with Crippen molar-refractivity contribution >= 4 is 40.0 Å². The molecule has 3 aromatic rings. The average Bonchev–Trinajstić information content (AvgIpc) is 3.42. The van der Waals surface area contributed by atoms with Crippen LogP contribution in [0.25, 0.3) is 10.9 Å². The first-order valence-electron chi connectivity index (χ1n) is 11.1. The lowest BCUT2D eigenvalue weighted by molar-refractivity contribution is -0.140. The van der Waals surface area contributed by atoms with Gasteiger partial charge in [0.15, 0.2) is 0 Å². The van der Waals surface area contributed by atoms with E-state index in [0.29, 0.717) is 37.0 Å². The molecule has 3 heterocycles. The van der Waals surface area contributed by atoms with Crippen LogP contribution in [-0.4, -0.2) is 48.4 Å². The Bertz CT molecular complexity index is 1150. The second-order valence-electron chi connectivity index (χ2n) is 8.56. The molecule has 2 amide bonds. The van der Waals surface area contributed by atoms with Gasteiger partial charge in [0.25, 0.3) is 0 Å². The number of nitrogens with one attached hydrogen (secondary N) is 1. The van der Waals surface area contributed by atoms with Crippen LogP contribution in [0.4, 0.5) is 5.69 Å². The highest BCUT2D eigenvalue weighted by Crippen LogP contribution is 2.36. The van der Waals surface area contributed by atoms with Crippen molar-refractivity contribution < 1.29 is 14.3 Å². The number of anilines is 1. The first-order valence-corrected chi connectivity index (χ1v) is 11.4. The fourth-order valence-electron chi connectivity index (χ4n) is 5.00. The van der Waals surface area contributed by atoms with E-state index in [1.54, 1.807) is 24.1 Å². The highest BCUT2D eigenvalue weighted by molar-refractivity contribution is 6.30. The van der Waals surface area contributed by atoms with Crippen molar-refractivity contribution in [3.63, 3.8) is 0 Å². The molecule has 0 spiro atoms. The van der Waals surface area contributed by atoms with E-state index in [2.05, 4.69) is 17.2 Å². The summed E-state index contributed by atoms with van der Waals surface area (Å²) in [4.78, 5) is 33.1. The monoisotopic (exact) mass is 451 g/mol. The highest BCUT2D eigenvalue weighted by atomic mass is 35.5. The summed E-state index contributed by atoms with van der Waals surface area (Å²) >= 11 is 5.96. The molecule has 0 bridgehead atoms. The van der Waals surface area contributed by atoms with Crippen LogP contribution in [-0.2, 0) is 9.59 Å².